The van der Waals surface area contributed by atoms with Gasteiger partial charge >= 0.3 is 0 Å². The van der Waals surface area contributed by atoms with E-state index < -0.39 is 0 Å². The Morgan fingerprint density at radius 2 is 1.90 bits per heavy atom. The SMILES string of the molecule is CC(C)(C)CC(=O)N1CCN(c2ccc(N)nc2)CC1. The Bertz CT molecular complexity index is 456. The predicted octanol–water partition coefficient (Wildman–Crippen LogP) is 1.75. The zero-order valence-corrected chi connectivity index (χ0v) is 12.6. The molecule has 1 aliphatic heterocycles. The van der Waals surface area contributed by atoms with Gasteiger partial charge in [-0.3, -0.25) is 4.79 Å². The fourth-order valence-corrected chi connectivity index (χ4v) is 2.36. The van der Waals surface area contributed by atoms with Gasteiger partial charge in [-0.05, 0) is 17.5 Å². The third-order valence-corrected chi connectivity index (χ3v) is 3.45. The van der Waals surface area contributed by atoms with E-state index in [1.807, 2.05) is 17.0 Å². The summed E-state index contributed by atoms with van der Waals surface area (Å²) in [4.78, 5) is 20.5. The molecule has 5 heteroatoms. The molecule has 1 aromatic heterocycles. The van der Waals surface area contributed by atoms with E-state index in [0.717, 1.165) is 31.9 Å². The van der Waals surface area contributed by atoms with Crippen LogP contribution in [0.4, 0.5) is 11.5 Å². The van der Waals surface area contributed by atoms with Gasteiger partial charge < -0.3 is 15.5 Å². The summed E-state index contributed by atoms with van der Waals surface area (Å²) in [5.41, 5.74) is 6.72. The van der Waals surface area contributed by atoms with Crippen molar-refractivity contribution in [2.75, 3.05) is 36.8 Å². The molecule has 2 heterocycles. The topological polar surface area (TPSA) is 62.5 Å². The summed E-state index contributed by atoms with van der Waals surface area (Å²) in [5, 5.41) is 0. The molecule has 110 valence electrons. The molecule has 2 rings (SSSR count). The van der Waals surface area contributed by atoms with Crippen LogP contribution in [0, 0.1) is 5.41 Å². The van der Waals surface area contributed by atoms with Crippen molar-refractivity contribution >= 4 is 17.4 Å². The molecule has 2 N–H and O–H groups in total. The molecular weight excluding hydrogens is 252 g/mol. The lowest BCUT2D eigenvalue weighted by Crippen LogP contribution is -2.49. The van der Waals surface area contributed by atoms with Crippen molar-refractivity contribution in [1.29, 1.82) is 0 Å². The first-order valence-corrected chi connectivity index (χ1v) is 7.09. The maximum Gasteiger partial charge on any atom is 0.223 e. The van der Waals surface area contributed by atoms with Crippen LogP contribution >= 0.6 is 0 Å². The van der Waals surface area contributed by atoms with Crippen LogP contribution in [0.1, 0.15) is 27.2 Å². The van der Waals surface area contributed by atoms with Crippen molar-refractivity contribution in [3.63, 3.8) is 0 Å². The number of hydrogen-bond donors (Lipinski definition) is 1. The number of piperazine rings is 1. The molecule has 1 amide bonds. The molecule has 0 bridgehead atoms. The molecule has 0 saturated carbocycles. The molecule has 0 aromatic carbocycles. The van der Waals surface area contributed by atoms with Gasteiger partial charge in [0.2, 0.25) is 5.91 Å². The molecule has 0 atom stereocenters. The molecule has 5 nitrogen and oxygen atoms in total. The maximum atomic E-state index is 12.2. The Hall–Kier alpha value is -1.78. The van der Waals surface area contributed by atoms with Gasteiger partial charge in [0.05, 0.1) is 11.9 Å². The van der Waals surface area contributed by atoms with Gasteiger partial charge in [0.25, 0.3) is 0 Å². The van der Waals surface area contributed by atoms with Crippen LogP contribution in [0.2, 0.25) is 0 Å². The average molecular weight is 276 g/mol. The van der Waals surface area contributed by atoms with Gasteiger partial charge in [0.1, 0.15) is 5.82 Å². The molecule has 0 radical (unpaired) electrons. The molecule has 1 aromatic rings. The van der Waals surface area contributed by atoms with E-state index >= 15 is 0 Å². The van der Waals surface area contributed by atoms with Crippen molar-refractivity contribution in [1.82, 2.24) is 9.88 Å². The second kappa shape index (κ2) is 5.69. The first-order chi connectivity index (χ1) is 9.35. The number of rotatable bonds is 2. The lowest BCUT2D eigenvalue weighted by Gasteiger charge is -2.37. The van der Waals surface area contributed by atoms with Gasteiger partial charge in [0, 0.05) is 32.6 Å². The molecule has 20 heavy (non-hydrogen) atoms. The van der Waals surface area contributed by atoms with Crippen LogP contribution < -0.4 is 10.6 Å². The zero-order valence-electron chi connectivity index (χ0n) is 12.6. The zero-order chi connectivity index (χ0) is 14.8. The van der Waals surface area contributed by atoms with E-state index in [0.29, 0.717) is 12.2 Å². The third-order valence-electron chi connectivity index (χ3n) is 3.45. The summed E-state index contributed by atoms with van der Waals surface area (Å²) < 4.78 is 0. The number of carbonyl (C=O) groups is 1. The van der Waals surface area contributed by atoms with Gasteiger partial charge in [-0.25, -0.2) is 4.98 Å². The fraction of sp³-hybridized carbons (Fsp3) is 0.600. The van der Waals surface area contributed by atoms with Crippen molar-refractivity contribution in [3.05, 3.63) is 18.3 Å². The number of pyridine rings is 1. The molecule has 1 saturated heterocycles. The van der Waals surface area contributed by atoms with E-state index in [4.69, 9.17) is 5.73 Å². The molecule has 1 fully saturated rings. The van der Waals surface area contributed by atoms with Gasteiger partial charge in [0.15, 0.2) is 0 Å². The summed E-state index contributed by atoms with van der Waals surface area (Å²) in [6, 6.07) is 3.79. The molecule has 0 unspecified atom stereocenters. The van der Waals surface area contributed by atoms with Crippen LogP contribution in [0.25, 0.3) is 0 Å². The number of nitrogen functional groups attached to an aromatic ring is 1. The monoisotopic (exact) mass is 276 g/mol. The Balaban J connectivity index is 1.89. The van der Waals surface area contributed by atoms with Crippen LogP contribution in [0.3, 0.4) is 0 Å². The number of nitrogens with two attached hydrogens (primary N) is 1. The highest BCUT2D eigenvalue weighted by molar-refractivity contribution is 5.77. The highest BCUT2D eigenvalue weighted by atomic mass is 16.2. The third kappa shape index (κ3) is 3.85. The van der Waals surface area contributed by atoms with E-state index in [1.165, 1.54) is 0 Å². The Labute approximate surface area is 120 Å². The Morgan fingerprint density at radius 3 is 2.40 bits per heavy atom. The highest BCUT2D eigenvalue weighted by Gasteiger charge is 2.24. The van der Waals surface area contributed by atoms with Crippen molar-refractivity contribution < 1.29 is 4.79 Å². The highest BCUT2D eigenvalue weighted by Crippen LogP contribution is 2.21. The second-order valence-electron chi connectivity index (χ2n) is 6.55. The standard InChI is InChI=1S/C15H24N4O/c1-15(2,3)10-14(20)19-8-6-18(7-9-19)12-4-5-13(16)17-11-12/h4-5,11H,6-10H2,1-3H3,(H2,16,17). The normalized spacial score (nSPS) is 16.4. The van der Waals surface area contributed by atoms with E-state index in [9.17, 15) is 4.79 Å². The van der Waals surface area contributed by atoms with E-state index in [1.54, 1.807) is 6.20 Å². The summed E-state index contributed by atoms with van der Waals surface area (Å²) in [7, 11) is 0. The summed E-state index contributed by atoms with van der Waals surface area (Å²) in [6.45, 7) is 9.55. The molecule has 1 aliphatic rings. The first-order valence-electron chi connectivity index (χ1n) is 7.09. The molecular formula is C15H24N4O. The van der Waals surface area contributed by atoms with Crippen molar-refractivity contribution in [2.45, 2.75) is 27.2 Å². The fourth-order valence-electron chi connectivity index (χ4n) is 2.36. The number of hydrogen-bond acceptors (Lipinski definition) is 4. The first kappa shape index (κ1) is 14.6. The van der Waals surface area contributed by atoms with Crippen LogP contribution in [-0.2, 0) is 4.79 Å². The minimum atomic E-state index is 0.0507. The maximum absolute atomic E-state index is 12.2. The quantitative estimate of drug-likeness (QED) is 0.894. The Kier molecular flexibility index (Phi) is 4.16. The van der Waals surface area contributed by atoms with E-state index in [-0.39, 0.29) is 11.3 Å². The van der Waals surface area contributed by atoms with Gasteiger partial charge in [-0.2, -0.15) is 0 Å². The molecule has 0 aliphatic carbocycles. The molecule has 0 spiro atoms. The van der Waals surface area contributed by atoms with Crippen molar-refractivity contribution in [2.24, 2.45) is 5.41 Å². The van der Waals surface area contributed by atoms with E-state index in [2.05, 4.69) is 30.7 Å². The number of anilines is 2. The predicted molar refractivity (Wildman–Crippen MR) is 81.5 cm³/mol. The minimum absolute atomic E-state index is 0.0507. The summed E-state index contributed by atoms with van der Waals surface area (Å²) in [5.74, 6) is 0.792. The van der Waals surface area contributed by atoms with Crippen molar-refractivity contribution in [3.8, 4) is 0 Å². The lowest BCUT2D eigenvalue weighted by molar-refractivity contribution is -0.133. The second-order valence-corrected chi connectivity index (χ2v) is 6.55. The average Bonchev–Trinajstić information content (AvgIpc) is 2.38. The van der Waals surface area contributed by atoms with Crippen LogP contribution in [0.15, 0.2) is 18.3 Å². The van der Waals surface area contributed by atoms with Crippen LogP contribution in [0.5, 0.6) is 0 Å². The smallest absolute Gasteiger partial charge is 0.223 e. The van der Waals surface area contributed by atoms with Crippen LogP contribution in [-0.4, -0.2) is 42.0 Å². The van der Waals surface area contributed by atoms with Gasteiger partial charge in [-0.1, -0.05) is 20.8 Å². The summed E-state index contributed by atoms with van der Waals surface area (Å²) in [6.07, 6.45) is 2.40. The largest absolute Gasteiger partial charge is 0.384 e. The summed E-state index contributed by atoms with van der Waals surface area (Å²) >= 11 is 0. The Morgan fingerprint density at radius 1 is 1.25 bits per heavy atom. The lowest BCUT2D eigenvalue weighted by atomic mass is 9.91. The number of carbonyl (C=O) groups excluding carboxylic acids is 1. The van der Waals surface area contributed by atoms with Gasteiger partial charge in [-0.15, -0.1) is 0 Å². The number of nitrogens with zero attached hydrogens (tertiary/aromatic N) is 3. The number of aromatic nitrogens is 1. The minimum Gasteiger partial charge on any atom is -0.384 e. The number of amides is 1.